The maximum atomic E-state index is 9.20. The molecule has 1 saturated heterocycles. The first kappa shape index (κ1) is 8.70. The number of nitrogens with zero attached hydrogens (tertiary/aromatic N) is 1. The van der Waals surface area contributed by atoms with Gasteiger partial charge in [0.1, 0.15) is 0 Å². The summed E-state index contributed by atoms with van der Waals surface area (Å²) < 4.78 is 2.09. The van der Waals surface area contributed by atoms with Crippen LogP contribution in [0.1, 0.15) is 12.8 Å². The van der Waals surface area contributed by atoms with Crippen molar-refractivity contribution in [3.63, 3.8) is 0 Å². The zero-order valence-corrected chi connectivity index (χ0v) is 7.86. The van der Waals surface area contributed by atoms with Gasteiger partial charge in [-0.25, -0.2) is 3.11 Å². The molecule has 1 aliphatic heterocycles. The fourth-order valence-electron chi connectivity index (χ4n) is 1.04. The van der Waals surface area contributed by atoms with E-state index in [-0.39, 0.29) is 0 Å². The van der Waals surface area contributed by atoms with Crippen molar-refractivity contribution in [1.82, 2.24) is 3.11 Å². The lowest BCUT2D eigenvalue weighted by atomic mass is 10.1. The van der Waals surface area contributed by atoms with Crippen LogP contribution in [0.3, 0.4) is 0 Å². The summed E-state index contributed by atoms with van der Waals surface area (Å²) in [5, 5.41) is 18.4. The molecule has 10 heavy (non-hydrogen) atoms. The van der Waals surface area contributed by atoms with E-state index in [9.17, 15) is 10.2 Å². The Kier molecular flexibility index (Phi) is 3.35. The van der Waals surface area contributed by atoms with E-state index in [0.717, 1.165) is 13.1 Å². The minimum absolute atomic E-state index is 0.514. The third-order valence-corrected chi connectivity index (χ3v) is 2.74. The predicted molar refractivity (Wildman–Crippen MR) is 46.8 cm³/mol. The highest BCUT2D eigenvalue weighted by Crippen LogP contribution is 2.13. The van der Waals surface area contributed by atoms with Gasteiger partial charge in [-0.2, -0.15) is 0 Å². The Morgan fingerprint density at radius 2 is 1.50 bits per heavy atom. The van der Waals surface area contributed by atoms with Crippen LogP contribution >= 0.6 is 22.9 Å². The van der Waals surface area contributed by atoms with Gasteiger partial charge in [0.05, 0.1) is 12.2 Å². The fraction of sp³-hybridized carbons (Fsp3) is 1.00. The summed E-state index contributed by atoms with van der Waals surface area (Å²) in [6, 6.07) is 0. The van der Waals surface area contributed by atoms with Crippen LogP contribution in [0.4, 0.5) is 0 Å². The second-order valence-electron chi connectivity index (χ2n) is 2.62. The molecule has 60 valence electrons. The van der Waals surface area contributed by atoms with Gasteiger partial charge in [0, 0.05) is 36.0 Å². The van der Waals surface area contributed by atoms with Crippen LogP contribution in [0.15, 0.2) is 0 Å². The molecule has 0 aromatic carbocycles. The summed E-state index contributed by atoms with van der Waals surface area (Å²) in [4.78, 5) is 0. The van der Waals surface area contributed by atoms with E-state index in [1.54, 1.807) is 0 Å². The summed E-state index contributed by atoms with van der Waals surface area (Å²) in [6.07, 6.45) is 0.341. The summed E-state index contributed by atoms with van der Waals surface area (Å²) in [7, 11) is 0. The predicted octanol–water partition coefficient (Wildman–Crippen LogP) is 0.154. The van der Waals surface area contributed by atoms with Crippen molar-refractivity contribution >= 4 is 22.9 Å². The molecule has 0 bridgehead atoms. The number of rotatable bonds is 0. The molecule has 1 aliphatic rings. The van der Waals surface area contributed by atoms with Gasteiger partial charge in [-0.3, -0.25) is 0 Å². The smallest absolute Gasteiger partial charge is 0.0812 e. The normalized spacial score (nSPS) is 37.5. The molecule has 4 heteroatoms. The average molecular weight is 257 g/mol. The maximum Gasteiger partial charge on any atom is 0.0812 e. The molecule has 0 saturated carbocycles. The lowest BCUT2D eigenvalue weighted by molar-refractivity contribution is 0.0187. The zero-order chi connectivity index (χ0) is 7.56. The molecule has 0 aliphatic carbocycles. The minimum Gasteiger partial charge on any atom is -0.390 e. The van der Waals surface area contributed by atoms with Gasteiger partial charge in [0.25, 0.3) is 0 Å². The molecule has 0 aromatic heterocycles. The van der Waals surface area contributed by atoms with Gasteiger partial charge in [-0.15, -0.1) is 0 Å². The van der Waals surface area contributed by atoms with Crippen LogP contribution in [0.5, 0.6) is 0 Å². The number of hydrogen-bond acceptors (Lipinski definition) is 3. The Bertz CT molecular complexity index is 99.9. The first-order valence-electron chi connectivity index (χ1n) is 3.47. The molecule has 1 heterocycles. The van der Waals surface area contributed by atoms with Crippen molar-refractivity contribution in [2.45, 2.75) is 25.0 Å². The highest BCUT2D eigenvalue weighted by atomic mass is 127. The topological polar surface area (TPSA) is 43.7 Å². The fourth-order valence-corrected chi connectivity index (χ4v) is 1.60. The molecule has 0 aromatic rings. The van der Waals surface area contributed by atoms with Gasteiger partial charge in [-0.05, 0) is 12.8 Å². The molecule has 3 nitrogen and oxygen atoms in total. The summed E-state index contributed by atoms with van der Waals surface area (Å²) in [5.41, 5.74) is 0. The third-order valence-electron chi connectivity index (χ3n) is 1.78. The second kappa shape index (κ2) is 3.85. The molecule has 2 atom stereocenters. The average Bonchev–Trinajstić information content (AvgIpc) is 2.04. The lowest BCUT2D eigenvalue weighted by Gasteiger charge is -2.11. The van der Waals surface area contributed by atoms with E-state index in [2.05, 4.69) is 26.0 Å². The maximum absolute atomic E-state index is 9.20. The van der Waals surface area contributed by atoms with Crippen LogP contribution in [-0.2, 0) is 0 Å². The number of aliphatic hydroxyl groups excluding tert-OH is 2. The number of aliphatic hydroxyl groups is 2. The zero-order valence-electron chi connectivity index (χ0n) is 5.70. The SMILES string of the molecule is O[C@@H]1CCN(I)CC[C@H]1O. The van der Waals surface area contributed by atoms with E-state index in [0.29, 0.717) is 12.8 Å². The van der Waals surface area contributed by atoms with E-state index in [4.69, 9.17) is 0 Å². The molecule has 2 N–H and O–H groups in total. The van der Waals surface area contributed by atoms with Crippen LogP contribution in [0, 0.1) is 0 Å². The Morgan fingerprint density at radius 1 is 1.10 bits per heavy atom. The number of hydrogen-bond donors (Lipinski definition) is 2. The monoisotopic (exact) mass is 257 g/mol. The lowest BCUT2D eigenvalue weighted by Crippen LogP contribution is -2.24. The van der Waals surface area contributed by atoms with E-state index >= 15 is 0 Å². The van der Waals surface area contributed by atoms with Crippen molar-refractivity contribution in [2.75, 3.05) is 13.1 Å². The van der Waals surface area contributed by atoms with E-state index in [1.807, 2.05) is 0 Å². The Hall–Kier alpha value is 0.610. The molecule has 0 unspecified atom stereocenters. The number of halogens is 1. The van der Waals surface area contributed by atoms with Gasteiger partial charge < -0.3 is 10.2 Å². The molecule has 1 fully saturated rings. The standard InChI is InChI=1S/C6H12INO2/c7-8-3-1-5(9)6(10)2-4-8/h5-6,9-10H,1-4H2/t5-,6-/m1/s1. The molecular formula is C6H12INO2. The van der Waals surface area contributed by atoms with Gasteiger partial charge in [0.2, 0.25) is 0 Å². The Labute approximate surface area is 74.5 Å². The second-order valence-corrected chi connectivity index (χ2v) is 3.99. The van der Waals surface area contributed by atoms with Gasteiger partial charge in [0.15, 0.2) is 0 Å². The van der Waals surface area contributed by atoms with Crippen LogP contribution in [0.2, 0.25) is 0 Å². The Balaban J connectivity index is 2.38. The van der Waals surface area contributed by atoms with Crippen molar-refractivity contribution < 1.29 is 10.2 Å². The molecule has 1 rings (SSSR count). The molecule has 0 spiro atoms. The third kappa shape index (κ3) is 2.34. The largest absolute Gasteiger partial charge is 0.390 e. The molecular weight excluding hydrogens is 245 g/mol. The van der Waals surface area contributed by atoms with Gasteiger partial charge >= 0.3 is 0 Å². The van der Waals surface area contributed by atoms with Crippen molar-refractivity contribution in [3.05, 3.63) is 0 Å². The Morgan fingerprint density at radius 3 is 1.90 bits per heavy atom. The summed E-state index contributed by atoms with van der Waals surface area (Å²) in [6.45, 7) is 1.75. The van der Waals surface area contributed by atoms with Crippen LogP contribution in [0.25, 0.3) is 0 Å². The van der Waals surface area contributed by atoms with Crippen molar-refractivity contribution in [3.8, 4) is 0 Å². The van der Waals surface area contributed by atoms with Crippen molar-refractivity contribution in [2.24, 2.45) is 0 Å². The summed E-state index contributed by atoms with van der Waals surface area (Å²) >= 11 is 2.21. The highest BCUT2D eigenvalue weighted by Gasteiger charge is 2.21. The minimum atomic E-state index is -0.514. The first-order chi connectivity index (χ1) is 4.70. The van der Waals surface area contributed by atoms with Gasteiger partial charge in [-0.1, -0.05) is 0 Å². The van der Waals surface area contributed by atoms with Crippen LogP contribution < -0.4 is 0 Å². The van der Waals surface area contributed by atoms with E-state index in [1.165, 1.54) is 0 Å². The highest BCUT2D eigenvalue weighted by molar-refractivity contribution is 14.1. The first-order valence-corrected chi connectivity index (χ1v) is 4.43. The van der Waals surface area contributed by atoms with E-state index < -0.39 is 12.2 Å². The van der Waals surface area contributed by atoms with Crippen molar-refractivity contribution in [1.29, 1.82) is 0 Å². The molecule has 0 amide bonds. The quantitative estimate of drug-likeness (QED) is 0.479. The molecule has 0 radical (unpaired) electrons. The van der Waals surface area contributed by atoms with Crippen LogP contribution in [-0.4, -0.2) is 38.6 Å². The summed E-state index contributed by atoms with van der Waals surface area (Å²) in [5.74, 6) is 0.